The number of nitrogens with one attached hydrogen (secondary N) is 1. The lowest BCUT2D eigenvalue weighted by molar-refractivity contribution is 0.102. The first-order chi connectivity index (χ1) is 12.0. The minimum Gasteiger partial charge on any atom is -0.346 e. The first-order valence-electron chi connectivity index (χ1n) is 8.26. The molecule has 0 fully saturated rings. The highest BCUT2D eigenvalue weighted by molar-refractivity contribution is 14.1. The minimum atomic E-state index is -0.0699. The molecule has 0 saturated heterocycles. The van der Waals surface area contributed by atoms with Crippen LogP contribution < -0.4 is 5.32 Å². The van der Waals surface area contributed by atoms with Crippen LogP contribution in [0.25, 0.3) is 10.9 Å². The Kier molecular flexibility index (Phi) is 5.44. The maximum absolute atomic E-state index is 12.6. The van der Waals surface area contributed by atoms with Gasteiger partial charge >= 0.3 is 0 Å². The largest absolute Gasteiger partial charge is 0.346 e. The summed E-state index contributed by atoms with van der Waals surface area (Å²) in [5, 5.41) is 4.15. The number of carbonyl (C=O) groups excluding carboxylic acids is 1. The first kappa shape index (κ1) is 17.9. The van der Waals surface area contributed by atoms with Gasteiger partial charge in [0.15, 0.2) is 0 Å². The van der Waals surface area contributed by atoms with Crippen molar-refractivity contribution in [1.82, 2.24) is 9.47 Å². The van der Waals surface area contributed by atoms with Crippen molar-refractivity contribution in [3.8, 4) is 0 Å². The summed E-state index contributed by atoms with van der Waals surface area (Å²) in [4.78, 5) is 14.7. The minimum absolute atomic E-state index is 0.0699. The fourth-order valence-corrected chi connectivity index (χ4v) is 3.41. The second-order valence-electron chi connectivity index (χ2n) is 6.48. The van der Waals surface area contributed by atoms with Crippen LogP contribution in [0.1, 0.15) is 15.9 Å². The molecule has 130 valence electrons. The van der Waals surface area contributed by atoms with E-state index in [0.29, 0.717) is 5.56 Å². The van der Waals surface area contributed by atoms with E-state index in [4.69, 9.17) is 0 Å². The Balaban J connectivity index is 1.80. The van der Waals surface area contributed by atoms with E-state index in [2.05, 4.69) is 69.8 Å². The Bertz CT molecular complexity index is 914. The number of halogens is 1. The molecule has 0 aliphatic heterocycles. The average molecular weight is 447 g/mol. The lowest BCUT2D eigenvalue weighted by Gasteiger charge is -2.12. The van der Waals surface area contributed by atoms with Crippen molar-refractivity contribution < 1.29 is 4.79 Å². The van der Waals surface area contributed by atoms with Gasteiger partial charge in [-0.1, -0.05) is 12.1 Å². The molecule has 0 unspecified atom stereocenters. The lowest BCUT2D eigenvalue weighted by Crippen LogP contribution is -2.17. The monoisotopic (exact) mass is 447 g/mol. The number of aromatic nitrogens is 1. The standard InChI is InChI=1S/C20H22IN3O/c1-14-5-4-6-17(19(14)21)20(25)22-16-7-8-18-15(13-16)9-10-24(18)12-11-23(2)3/h4-10,13H,11-12H2,1-3H3,(H,22,25). The first-order valence-corrected chi connectivity index (χ1v) is 9.33. The van der Waals surface area contributed by atoms with Crippen molar-refractivity contribution in [2.75, 3.05) is 26.0 Å². The molecule has 0 atom stereocenters. The molecular weight excluding hydrogens is 425 g/mol. The number of carbonyl (C=O) groups is 1. The van der Waals surface area contributed by atoms with Gasteiger partial charge in [-0.15, -0.1) is 0 Å². The molecule has 0 radical (unpaired) electrons. The summed E-state index contributed by atoms with van der Waals surface area (Å²) < 4.78 is 3.23. The third-order valence-corrected chi connectivity index (χ3v) is 5.69. The van der Waals surface area contributed by atoms with Crippen molar-refractivity contribution in [2.24, 2.45) is 0 Å². The van der Waals surface area contributed by atoms with Gasteiger partial charge in [-0.3, -0.25) is 4.79 Å². The van der Waals surface area contributed by atoms with Gasteiger partial charge in [-0.2, -0.15) is 0 Å². The molecular formula is C20H22IN3O. The summed E-state index contributed by atoms with van der Waals surface area (Å²) in [6.07, 6.45) is 2.10. The molecule has 1 heterocycles. The molecule has 4 nitrogen and oxygen atoms in total. The second kappa shape index (κ2) is 7.58. The fraction of sp³-hybridized carbons (Fsp3) is 0.250. The van der Waals surface area contributed by atoms with Crippen LogP contribution in [0.3, 0.4) is 0 Å². The molecule has 25 heavy (non-hydrogen) atoms. The number of hydrogen-bond donors (Lipinski definition) is 1. The molecule has 0 saturated carbocycles. The van der Waals surface area contributed by atoms with Crippen molar-refractivity contribution >= 4 is 45.1 Å². The molecule has 1 N–H and O–H groups in total. The predicted octanol–water partition coefficient (Wildman–Crippen LogP) is 4.37. The molecule has 3 aromatic rings. The molecule has 5 heteroatoms. The highest BCUT2D eigenvalue weighted by Gasteiger charge is 2.12. The van der Waals surface area contributed by atoms with Gasteiger partial charge < -0.3 is 14.8 Å². The number of nitrogens with zero attached hydrogens (tertiary/aromatic N) is 2. The third kappa shape index (κ3) is 4.04. The molecule has 3 rings (SSSR count). The number of hydrogen-bond acceptors (Lipinski definition) is 2. The average Bonchev–Trinajstić information content (AvgIpc) is 2.97. The molecule has 2 aromatic carbocycles. The summed E-state index contributed by atoms with van der Waals surface area (Å²) in [5.74, 6) is -0.0699. The van der Waals surface area contributed by atoms with Crippen LogP contribution in [0.15, 0.2) is 48.7 Å². The zero-order valence-corrected chi connectivity index (χ0v) is 16.9. The SMILES string of the molecule is Cc1cccc(C(=O)Nc2ccc3c(ccn3CCN(C)C)c2)c1I. The highest BCUT2D eigenvalue weighted by atomic mass is 127. The Hall–Kier alpha value is -1.86. The van der Waals surface area contributed by atoms with Gasteiger partial charge in [0, 0.05) is 39.4 Å². The summed E-state index contributed by atoms with van der Waals surface area (Å²) in [6.45, 7) is 3.96. The number of aryl methyl sites for hydroxylation is 1. The van der Waals surface area contributed by atoms with E-state index in [-0.39, 0.29) is 5.91 Å². The Morgan fingerprint density at radius 1 is 1.20 bits per heavy atom. The van der Waals surface area contributed by atoms with Crippen LogP contribution in [0.2, 0.25) is 0 Å². The number of benzene rings is 2. The summed E-state index contributed by atoms with van der Waals surface area (Å²) >= 11 is 2.23. The van der Waals surface area contributed by atoms with Gasteiger partial charge in [0.25, 0.3) is 5.91 Å². The maximum Gasteiger partial charge on any atom is 0.256 e. The predicted molar refractivity (Wildman–Crippen MR) is 112 cm³/mol. The van der Waals surface area contributed by atoms with E-state index < -0.39 is 0 Å². The molecule has 0 aliphatic rings. The number of rotatable bonds is 5. The molecule has 0 bridgehead atoms. The zero-order valence-electron chi connectivity index (χ0n) is 14.7. The normalized spacial score (nSPS) is 11.2. The summed E-state index contributed by atoms with van der Waals surface area (Å²) in [5.41, 5.74) is 3.83. The Morgan fingerprint density at radius 3 is 2.76 bits per heavy atom. The number of amides is 1. The van der Waals surface area contributed by atoms with Crippen molar-refractivity contribution in [2.45, 2.75) is 13.5 Å². The van der Waals surface area contributed by atoms with Crippen molar-refractivity contribution in [1.29, 1.82) is 0 Å². The quantitative estimate of drug-likeness (QED) is 0.590. The van der Waals surface area contributed by atoms with Gasteiger partial charge in [-0.25, -0.2) is 0 Å². The van der Waals surface area contributed by atoms with E-state index in [9.17, 15) is 4.79 Å². The van der Waals surface area contributed by atoms with Gasteiger partial charge in [0.05, 0.1) is 5.56 Å². The van der Waals surface area contributed by atoms with Gasteiger partial charge in [0.1, 0.15) is 0 Å². The molecule has 0 aliphatic carbocycles. The number of likely N-dealkylation sites (N-methyl/N-ethyl adjacent to an activating group) is 1. The Morgan fingerprint density at radius 2 is 2.00 bits per heavy atom. The summed E-state index contributed by atoms with van der Waals surface area (Å²) in [6, 6.07) is 14.0. The van der Waals surface area contributed by atoms with E-state index in [0.717, 1.165) is 33.3 Å². The van der Waals surface area contributed by atoms with Crippen LogP contribution in [0.5, 0.6) is 0 Å². The zero-order chi connectivity index (χ0) is 18.0. The van der Waals surface area contributed by atoms with Gasteiger partial charge in [-0.05, 0) is 79.5 Å². The van der Waals surface area contributed by atoms with Crippen LogP contribution in [-0.4, -0.2) is 36.0 Å². The third-order valence-electron chi connectivity index (χ3n) is 4.25. The van der Waals surface area contributed by atoms with E-state index >= 15 is 0 Å². The van der Waals surface area contributed by atoms with E-state index in [1.807, 2.05) is 37.3 Å². The summed E-state index contributed by atoms with van der Waals surface area (Å²) in [7, 11) is 4.15. The topological polar surface area (TPSA) is 37.3 Å². The van der Waals surface area contributed by atoms with Crippen LogP contribution in [-0.2, 0) is 6.54 Å². The smallest absolute Gasteiger partial charge is 0.256 e. The Labute approximate surface area is 162 Å². The molecule has 1 aromatic heterocycles. The lowest BCUT2D eigenvalue weighted by atomic mass is 10.1. The maximum atomic E-state index is 12.6. The van der Waals surface area contributed by atoms with Crippen LogP contribution in [0, 0.1) is 10.5 Å². The molecule has 1 amide bonds. The van der Waals surface area contributed by atoms with Crippen molar-refractivity contribution in [3.05, 3.63) is 63.4 Å². The van der Waals surface area contributed by atoms with E-state index in [1.54, 1.807) is 0 Å². The second-order valence-corrected chi connectivity index (χ2v) is 7.56. The van der Waals surface area contributed by atoms with Crippen molar-refractivity contribution in [3.63, 3.8) is 0 Å². The highest BCUT2D eigenvalue weighted by Crippen LogP contribution is 2.22. The number of anilines is 1. The molecule has 0 spiro atoms. The fourth-order valence-electron chi connectivity index (χ4n) is 2.80. The van der Waals surface area contributed by atoms with Crippen LogP contribution in [0.4, 0.5) is 5.69 Å². The number of fused-ring (bicyclic) bond motifs is 1. The van der Waals surface area contributed by atoms with E-state index in [1.165, 1.54) is 5.52 Å². The van der Waals surface area contributed by atoms with Crippen LogP contribution >= 0.6 is 22.6 Å². The van der Waals surface area contributed by atoms with Gasteiger partial charge in [0.2, 0.25) is 0 Å².